The van der Waals surface area contributed by atoms with Gasteiger partial charge in [0.2, 0.25) is 0 Å². The third-order valence-electron chi connectivity index (χ3n) is 4.23. The molecule has 0 bridgehead atoms. The lowest BCUT2D eigenvalue weighted by molar-refractivity contribution is -0.113. The number of likely N-dealkylation sites (tertiary alicyclic amines) is 1. The standard InChI is InChI=1S/C15H17F2N3O2/c1-19-9-18-12-6-10(2-3-13(12)19)14(22)20-5-4-15(16,17)11(7-20)8-21/h2-3,6,9,11,21H,4-5,7-8H2,1H3. The third kappa shape index (κ3) is 2.45. The predicted molar refractivity (Wildman–Crippen MR) is 76.8 cm³/mol. The number of aromatic nitrogens is 2. The van der Waals surface area contributed by atoms with E-state index < -0.39 is 24.9 Å². The molecule has 1 atom stereocenters. The van der Waals surface area contributed by atoms with Gasteiger partial charge in [-0.15, -0.1) is 0 Å². The summed E-state index contributed by atoms with van der Waals surface area (Å²) in [5.74, 6) is -4.43. The number of carbonyl (C=O) groups is 1. The molecule has 0 radical (unpaired) electrons. The molecule has 1 aromatic heterocycles. The number of aliphatic hydroxyl groups is 1. The highest BCUT2D eigenvalue weighted by atomic mass is 19.3. The van der Waals surface area contributed by atoms with Gasteiger partial charge in [0.15, 0.2) is 0 Å². The molecule has 2 heterocycles. The van der Waals surface area contributed by atoms with E-state index in [0.717, 1.165) is 5.52 Å². The molecule has 22 heavy (non-hydrogen) atoms. The van der Waals surface area contributed by atoms with E-state index in [9.17, 15) is 13.6 Å². The van der Waals surface area contributed by atoms with Gasteiger partial charge in [-0.3, -0.25) is 4.79 Å². The van der Waals surface area contributed by atoms with Crippen LogP contribution in [0.4, 0.5) is 8.78 Å². The van der Waals surface area contributed by atoms with Gasteiger partial charge >= 0.3 is 0 Å². The Morgan fingerprint density at radius 3 is 3.00 bits per heavy atom. The lowest BCUT2D eigenvalue weighted by atomic mass is 9.94. The molecule has 2 aromatic rings. The summed E-state index contributed by atoms with van der Waals surface area (Å²) in [7, 11) is 1.86. The van der Waals surface area contributed by atoms with Crippen molar-refractivity contribution in [1.82, 2.24) is 14.5 Å². The zero-order valence-corrected chi connectivity index (χ0v) is 12.2. The van der Waals surface area contributed by atoms with Crippen LogP contribution in [0, 0.1) is 5.92 Å². The quantitative estimate of drug-likeness (QED) is 0.918. The van der Waals surface area contributed by atoms with Crippen LogP contribution in [0.25, 0.3) is 11.0 Å². The maximum atomic E-state index is 13.6. The molecule has 7 heteroatoms. The van der Waals surface area contributed by atoms with Crippen molar-refractivity contribution in [2.75, 3.05) is 19.7 Å². The SMILES string of the molecule is Cn1cnc2cc(C(=O)N3CCC(F)(F)C(CO)C3)ccc21. The zero-order chi connectivity index (χ0) is 15.9. The number of alkyl halides is 2. The monoisotopic (exact) mass is 309 g/mol. The van der Waals surface area contributed by atoms with Crippen LogP contribution in [0.2, 0.25) is 0 Å². The minimum absolute atomic E-state index is 0.0113. The molecule has 0 aliphatic carbocycles. The van der Waals surface area contributed by atoms with E-state index in [1.54, 1.807) is 24.5 Å². The fourth-order valence-electron chi connectivity index (χ4n) is 2.81. The molecule has 0 saturated carbocycles. The van der Waals surface area contributed by atoms with Gasteiger partial charge in [0.05, 0.1) is 29.9 Å². The maximum absolute atomic E-state index is 13.6. The summed E-state index contributed by atoms with van der Waals surface area (Å²) in [5, 5.41) is 9.11. The Hall–Kier alpha value is -2.02. The lowest BCUT2D eigenvalue weighted by Gasteiger charge is -2.37. The number of carbonyl (C=O) groups excluding carboxylic acids is 1. The predicted octanol–water partition coefficient (Wildman–Crippen LogP) is 1.66. The Balaban J connectivity index is 1.83. The Bertz CT molecular complexity index is 714. The lowest BCUT2D eigenvalue weighted by Crippen LogP contribution is -2.50. The minimum atomic E-state index is -2.92. The highest BCUT2D eigenvalue weighted by Gasteiger charge is 2.44. The summed E-state index contributed by atoms with van der Waals surface area (Å²) < 4.78 is 29.1. The van der Waals surface area contributed by atoms with E-state index in [4.69, 9.17) is 5.11 Å². The van der Waals surface area contributed by atoms with Crippen molar-refractivity contribution < 1.29 is 18.7 Å². The molecule has 1 aliphatic rings. The molecular weight excluding hydrogens is 292 g/mol. The molecule has 5 nitrogen and oxygen atoms in total. The van der Waals surface area contributed by atoms with Gasteiger partial charge in [0.1, 0.15) is 0 Å². The van der Waals surface area contributed by atoms with Crippen LogP contribution in [-0.2, 0) is 7.05 Å². The second-order valence-electron chi connectivity index (χ2n) is 5.70. The molecule has 1 aliphatic heterocycles. The first-order chi connectivity index (χ1) is 10.4. The van der Waals surface area contributed by atoms with Gasteiger partial charge in [-0.1, -0.05) is 0 Å². The average molecular weight is 309 g/mol. The summed E-state index contributed by atoms with van der Waals surface area (Å²) in [4.78, 5) is 18.1. The van der Waals surface area contributed by atoms with Crippen molar-refractivity contribution in [2.24, 2.45) is 13.0 Å². The molecule has 1 aromatic carbocycles. The summed E-state index contributed by atoms with van der Waals surface area (Å²) in [5.41, 5.74) is 2.01. The molecule has 1 unspecified atom stereocenters. The molecule has 0 spiro atoms. The number of fused-ring (bicyclic) bond motifs is 1. The van der Waals surface area contributed by atoms with Crippen molar-refractivity contribution in [3.05, 3.63) is 30.1 Å². The average Bonchev–Trinajstić information content (AvgIpc) is 2.87. The van der Waals surface area contributed by atoms with Crippen LogP contribution in [0.1, 0.15) is 16.8 Å². The highest BCUT2D eigenvalue weighted by Crippen LogP contribution is 2.33. The maximum Gasteiger partial charge on any atom is 0.256 e. The first-order valence-corrected chi connectivity index (χ1v) is 7.11. The molecule has 3 rings (SSSR count). The number of nitrogens with zero attached hydrogens (tertiary/aromatic N) is 3. The zero-order valence-electron chi connectivity index (χ0n) is 12.2. The molecule has 1 N–H and O–H groups in total. The number of imidazole rings is 1. The molecule has 1 fully saturated rings. The van der Waals surface area contributed by atoms with Gasteiger partial charge in [-0.2, -0.15) is 0 Å². The fraction of sp³-hybridized carbons (Fsp3) is 0.467. The van der Waals surface area contributed by atoms with E-state index in [1.165, 1.54) is 4.90 Å². The normalized spacial score (nSPS) is 21.3. The Morgan fingerprint density at radius 1 is 1.50 bits per heavy atom. The van der Waals surface area contributed by atoms with Crippen LogP contribution in [-0.4, -0.2) is 51.1 Å². The van der Waals surface area contributed by atoms with Crippen molar-refractivity contribution in [1.29, 1.82) is 0 Å². The van der Waals surface area contributed by atoms with Gasteiger partial charge in [-0.25, -0.2) is 13.8 Å². The van der Waals surface area contributed by atoms with E-state index in [2.05, 4.69) is 4.98 Å². The number of hydrogen-bond donors (Lipinski definition) is 1. The van der Waals surface area contributed by atoms with Crippen LogP contribution in [0.5, 0.6) is 0 Å². The Labute approximate surface area is 126 Å². The van der Waals surface area contributed by atoms with Crippen LogP contribution in [0.3, 0.4) is 0 Å². The summed E-state index contributed by atoms with van der Waals surface area (Å²) in [6, 6.07) is 5.13. The topological polar surface area (TPSA) is 58.4 Å². The van der Waals surface area contributed by atoms with Gasteiger partial charge in [0, 0.05) is 32.1 Å². The van der Waals surface area contributed by atoms with E-state index in [0.29, 0.717) is 11.1 Å². The van der Waals surface area contributed by atoms with E-state index >= 15 is 0 Å². The number of benzene rings is 1. The third-order valence-corrected chi connectivity index (χ3v) is 4.23. The second kappa shape index (κ2) is 5.31. The van der Waals surface area contributed by atoms with Crippen LogP contribution < -0.4 is 0 Å². The van der Waals surface area contributed by atoms with Crippen molar-refractivity contribution in [3.8, 4) is 0 Å². The smallest absolute Gasteiger partial charge is 0.256 e. The largest absolute Gasteiger partial charge is 0.396 e. The number of amides is 1. The summed E-state index contributed by atoms with van der Waals surface area (Å²) in [6.07, 6.45) is 1.23. The van der Waals surface area contributed by atoms with Crippen LogP contribution in [0.15, 0.2) is 24.5 Å². The molecule has 118 valence electrons. The molecule has 1 saturated heterocycles. The van der Waals surface area contributed by atoms with Crippen LogP contribution >= 0.6 is 0 Å². The minimum Gasteiger partial charge on any atom is -0.396 e. The van der Waals surface area contributed by atoms with Gasteiger partial charge in [-0.05, 0) is 18.2 Å². The van der Waals surface area contributed by atoms with Crippen molar-refractivity contribution in [2.45, 2.75) is 12.3 Å². The van der Waals surface area contributed by atoms with E-state index in [1.807, 2.05) is 11.6 Å². The second-order valence-corrected chi connectivity index (χ2v) is 5.70. The molecule has 1 amide bonds. The number of halogens is 2. The highest BCUT2D eigenvalue weighted by molar-refractivity contribution is 5.97. The molecular formula is C15H17F2N3O2. The Morgan fingerprint density at radius 2 is 2.27 bits per heavy atom. The summed E-state index contributed by atoms with van der Waals surface area (Å²) in [6.45, 7) is -0.777. The van der Waals surface area contributed by atoms with Gasteiger partial charge in [0.25, 0.3) is 11.8 Å². The first-order valence-electron chi connectivity index (χ1n) is 7.11. The van der Waals surface area contributed by atoms with Crippen molar-refractivity contribution >= 4 is 16.9 Å². The fourth-order valence-corrected chi connectivity index (χ4v) is 2.81. The van der Waals surface area contributed by atoms with Crippen molar-refractivity contribution in [3.63, 3.8) is 0 Å². The number of rotatable bonds is 2. The Kier molecular flexibility index (Phi) is 3.60. The first kappa shape index (κ1) is 14.9. The summed E-state index contributed by atoms with van der Waals surface area (Å²) >= 11 is 0. The van der Waals surface area contributed by atoms with E-state index in [-0.39, 0.29) is 19.0 Å². The number of aliphatic hydroxyl groups excluding tert-OH is 1. The number of hydrogen-bond acceptors (Lipinski definition) is 3. The number of piperidine rings is 1. The van der Waals surface area contributed by atoms with Gasteiger partial charge < -0.3 is 14.6 Å². The number of aryl methyl sites for hydroxylation is 1.